The maximum Gasteiger partial charge on any atom is 0.423 e. The Labute approximate surface area is 101 Å². The Morgan fingerprint density at radius 1 is 1.40 bits per heavy atom. The largest absolute Gasteiger partial charge is 0.423 e. The van der Waals surface area contributed by atoms with Gasteiger partial charge in [-0.05, 0) is 28.7 Å². The number of nitro benzene ring substituents is 1. The molecule has 0 heterocycles. The maximum absolute atomic E-state index is 12.4. The molecule has 0 N–H and O–H groups in total. The third-order valence-electron chi connectivity index (χ3n) is 1.54. The van der Waals surface area contributed by atoms with Gasteiger partial charge < -0.3 is 0 Å². The van der Waals surface area contributed by atoms with Crippen LogP contribution >= 0.6 is 34.2 Å². The van der Waals surface area contributed by atoms with Crippen molar-refractivity contribution in [2.24, 2.45) is 0 Å². The van der Waals surface area contributed by atoms with Crippen molar-refractivity contribution in [1.82, 2.24) is 0 Å². The lowest BCUT2D eigenvalue weighted by Gasteiger charge is -2.08. The van der Waals surface area contributed by atoms with E-state index >= 15 is 0 Å². The summed E-state index contributed by atoms with van der Waals surface area (Å²) in [6.45, 7) is 0. The number of halogens is 5. The second-order valence-electron chi connectivity index (χ2n) is 2.54. The first-order chi connectivity index (χ1) is 6.73. The molecule has 1 rings (SSSR count). The SMILES string of the molecule is O=[N+]([O-])c1cc(I)c(Cl)cc1C(F)(F)F. The quantitative estimate of drug-likeness (QED) is 0.438. The van der Waals surface area contributed by atoms with E-state index in [1.165, 1.54) is 0 Å². The Bertz CT molecular complexity index is 421. The monoisotopic (exact) mass is 351 g/mol. The Kier molecular flexibility index (Phi) is 3.44. The summed E-state index contributed by atoms with van der Waals surface area (Å²) < 4.78 is 37.3. The fourth-order valence-electron chi connectivity index (χ4n) is 0.914. The molecule has 0 saturated heterocycles. The average Bonchev–Trinajstić information content (AvgIpc) is 2.06. The van der Waals surface area contributed by atoms with Crippen molar-refractivity contribution in [2.75, 3.05) is 0 Å². The van der Waals surface area contributed by atoms with Gasteiger partial charge in [-0.1, -0.05) is 11.6 Å². The summed E-state index contributed by atoms with van der Waals surface area (Å²) in [6, 6.07) is 1.35. The molecule has 0 aromatic heterocycles. The fourth-order valence-corrected chi connectivity index (χ4v) is 1.53. The number of hydrogen-bond acceptors (Lipinski definition) is 2. The predicted molar refractivity (Wildman–Crippen MR) is 55.8 cm³/mol. The van der Waals surface area contributed by atoms with Crippen molar-refractivity contribution in [3.05, 3.63) is 36.4 Å². The van der Waals surface area contributed by atoms with Crippen molar-refractivity contribution in [2.45, 2.75) is 6.18 Å². The summed E-state index contributed by atoms with van der Waals surface area (Å²) in [5.74, 6) is 0. The van der Waals surface area contributed by atoms with Crippen LogP contribution in [0.15, 0.2) is 12.1 Å². The van der Waals surface area contributed by atoms with E-state index in [2.05, 4.69) is 0 Å². The van der Waals surface area contributed by atoms with Crippen molar-refractivity contribution < 1.29 is 18.1 Å². The summed E-state index contributed by atoms with van der Waals surface area (Å²) >= 11 is 7.09. The standard InChI is InChI=1S/C7H2ClF3INO2/c8-4-1-3(7(9,10)11)6(13(14)15)2-5(4)12/h1-2H. The van der Waals surface area contributed by atoms with Crippen LogP contribution in [0.3, 0.4) is 0 Å². The van der Waals surface area contributed by atoms with E-state index < -0.39 is 22.4 Å². The first-order valence-electron chi connectivity index (χ1n) is 3.44. The highest BCUT2D eigenvalue weighted by atomic mass is 127. The number of nitrogens with zero attached hydrogens (tertiary/aromatic N) is 1. The molecular formula is C7H2ClF3INO2. The van der Waals surface area contributed by atoms with Crippen LogP contribution in [0.2, 0.25) is 5.02 Å². The van der Waals surface area contributed by atoms with Gasteiger partial charge in [0.15, 0.2) is 0 Å². The smallest absolute Gasteiger partial charge is 0.258 e. The van der Waals surface area contributed by atoms with Gasteiger partial charge in [0, 0.05) is 9.64 Å². The molecule has 1 aromatic carbocycles. The van der Waals surface area contributed by atoms with Crippen LogP contribution in [0.5, 0.6) is 0 Å². The fraction of sp³-hybridized carbons (Fsp3) is 0.143. The third-order valence-corrected chi connectivity index (χ3v) is 3.06. The number of benzene rings is 1. The summed E-state index contributed by atoms with van der Waals surface area (Å²) in [7, 11) is 0. The lowest BCUT2D eigenvalue weighted by molar-refractivity contribution is -0.388. The van der Waals surface area contributed by atoms with E-state index in [0.29, 0.717) is 6.07 Å². The van der Waals surface area contributed by atoms with Gasteiger partial charge in [-0.3, -0.25) is 10.1 Å². The molecule has 0 spiro atoms. The van der Waals surface area contributed by atoms with E-state index in [0.717, 1.165) is 6.07 Å². The van der Waals surface area contributed by atoms with Crippen molar-refractivity contribution in [1.29, 1.82) is 0 Å². The highest BCUT2D eigenvalue weighted by Crippen LogP contribution is 2.39. The topological polar surface area (TPSA) is 43.1 Å². The zero-order valence-corrected chi connectivity index (χ0v) is 9.72. The van der Waals surface area contributed by atoms with Crippen molar-refractivity contribution >= 4 is 39.9 Å². The van der Waals surface area contributed by atoms with Gasteiger partial charge in [-0.2, -0.15) is 13.2 Å². The van der Waals surface area contributed by atoms with Crippen LogP contribution in [-0.4, -0.2) is 4.92 Å². The molecule has 0 amide bonds. The number of rotatable bonds is 1. The molecule has 1 aromatic rings. The lowest BCUT2D eigenvalue weighted by atomic mass is 10.2. The highest BCUT2D eigenvalue weighted by Gasteiger charge is 2.38. The molecule has 0 radical (unpaired) electrons. The average molecular weight is 351 g/mol. The van der Waals surface area contributed by atoms with Gasteiger partial charge in [0.2, 0.25) is 0 Å². The summed E-state index contributed by atoms with van der Waals surface area (Å²) in [6.07, 6.45) is -4.78. The predicted octanol–water partition coefficient (Wildman–Crippen LogP) is 3.87. The molecule has 0 atom stereocenters. The summed E-state index contributed by atoms with van der Waals surface area (Å²) in [4.78, 5) is 9.31. The Hall–Kier alpha value is -0.570. The number of nitro groups is 1. The van der Waals surface area contributed by atoms with Gasteiger partial charge in [0.05, 0.1) is 9.95 Å². The van der Waals surface area contributed by atoms with Gasteiger partial charge >= 0.3 is 6.18 Å². The minimum atomic E-state index is -4.78. The van der Waals surface area contributed by atoms with Crippen molar-refractivity contribution in [3.63, 3.8) is 0 Å². The Morgan fingerprint density at radius 2 is 1.93 bits per heavy atom. The minimum absolute atomic E-state index is 0.159. The van der Waals surface area contributed by atoms with Crippen LogP contribution in [-0.2, 0) is 6.18 Å². The van der Waals surface area contributed by atoms with Crippen LogP contribution < -0.4 is 0 Å². The first kappa shape index (κ1) is 12.5. The molecule has 0 aliphatic carbocycles. The van der Waals surface area contributed by atoms with Gasteiger partial charge in [0.1, 0.15) is 5.56 Å². The molecule has 0 bridgehead atoms. The van der Waals surface area contributed by atoms with E-state index in [-0.39, 0.29) is 8.59 Å². The highest BCUT2D eigenvalue weighted by molar-refractivity contribution is 14.1. The molecule has 15 heavy (non-hydrogen) atoms. The molecule has 0 aliphatic heterocycles. The van der Waals surface area contributed by atoms with E-state index in [4.69, 9.17) is 11.6 Å². The Morgan fingerprint density at radius 3 is 2.33 bits per heavy atom. The number of hydrogen-bond donors (Lipinski definition) is 0. The second-order valence-corrected chi connectivity index (χ2v) is 4.11. The summed E-state index contributed by atoms with van der Waals surface area (Å²) in [5.41, 5.74) is -2.32. The molecular weight excluding hydrogens is 349 g/mol. The molecule has 0 saturated carbocycles. The summed E-state index contributed by atoms with van der Waals surface area (Å²) in [5, 5.41) is 10.2. The third kappa shape index (κ3) is 2.71. The van der Waals surface area contributed by atoms with E-state index in [9.17, 15) is 23.3 Å². The van der Waals surface area contributed by atoms with Gasteiger partial charge in [0.25, 0.3) is 5.69 Å². The number of alkyl halides is 3. The lowest BCUT2D eigenvalue weighted by Crippen LogP contribution is -2.09. The van der Waals surface area contributed by atoms with Crippen molar-refractivity contribution in [3.8, 4) is 0 Å². The Balaban J connectivity index is 3.49. The van der Waals surface area contributed by atoms with E-state index in [1.54, 1.807) is 22.6 Å². The zero-order valence-electron chi connectivity index (χ0n) is 6.81. The van der Waals surface area contributed by atoms with Crippen LogP contribution in [0.25, 0.3) is 0 Å². The molecule has 0 unspecified atom stereocenters. The van der Waals surface area contributed by atoms with Crippen LogP contribution in [0.4, 0.5) is 18.9 Å². The normalized spacial score (nSPS) is 11.5. The first-order valence-corrected chi connectivity index (χ1v) is 4.90. The van der Waals surface area contributed by atoms with E-state index in [1.807, 2.05) is 0 Å². The van der Waals surface area contributed by atoms with Crippen LogP contribution in [0.1, 0.15) is 5.56 Å². The molecule has 0 aliphatic rings. The molecule has 8 heteroatoms. The minimum Gasteiger partial charge on any atom is -0.258 e. The van der Waals surface area contributed by atoms with Crippen LogP contribution in [0, 0.1) is 13.7 Å². The van der Waals surface area contributed by atoms with Gasteiger partial charge in [-0.25, -0.2) is 0 Å². The van der Waals surface area contributed by atoms with Gasteiger partial charge in [-0.15, -0.1) is 0 Å². The zero-order chi connectivity index (χ0) is 11.8. The second kappa shape index (κ2) is 4.12. The molecule has 82 valence electrons. The molecule has 3 nitrogen and oxygen atoms in total. The molecule has 0 fully saturated rings. The maximum atomic E-state index is 12.4.